The summed E-state index contributed by atoms with van der Waals surface area (Å²) in [5, 5.41) is 13.2. The van der Waals surface area contributed by atoms with Crippen LogP contribution in [0.3, 0.4) is 0 Å². The van der Waals surface area contributed by atoms with Crippen molar-refractivity contribution in [2.24, 2.45) is 0 Å². The van der Waals surface area contributed by atoms with Crippen molar-refractivity contribution in [3.63, 3.8) is 0 Å². The molecule has 0 aliphatic carbocycles. The number of fused-ring (bicyclic) bond motifs is 1. The number of aromatic amines is 1. The third-order valence-corrected chi connectivity index (χ3v) is 5.09. The first-order chi connectivity index (χ1) is 14.5. The lowest BCUT2D eigenvalue weighted by Crippen LogP contribution is -2.39. The number of amides is 1. The Morgan fingerprint density at radius 3 is 2.68 bits per heavy atom. The van der Waals surface area contributed by atoms with Crippen molar-refractivity contribution in [1.29, 1.82) is 0 Å². The quantitative estimate of drug-likeness (QED) is 0.493. The molecule has 3 N–H and O–H groups in total. The van der Waals surface area contributed by atoms with Crippen molar-refractivity contribution < 1.29 is 14.3 Å². The van der Waals surface area contributed by atoms with E-state index in [9.17, 15) is 24.3 Å². The van der Waals surface area contributed by atoms with Crippen LogP contribution in [0.25, 0.3) is 11.0 Å². The fourth-order valence-corrected chi connectivity index (χ4v) is 3.56. The average molecular weight is 448 g/mol. The first-order valence-electron chi connectivity index (χ1n) is 9.53. The van der Waals surface area contributed by atoms with Crippen molar-refractivity contribution in [2.75, 3.05) is 6.54 Å². The highest BCUT2D eigenvalue weighted by atomic mass is 35.5. The zero-order valence-electron chi connectivity index (χ0n) is 17.2. The number of aryl methyl sites for hydroxylation is 1. The molecule has 0 aliphatic rings. The molecule has 0 spiro atoms. The Kier molecular flexibility index (Phi) is 6.08. The minimum absolute atomic E-state index is 0.0290. The van der Waals surface area contributed by atoms with E-state index in [1.165, 1.54) is 16.7 Å². The van der Waals surface area contributed by atoms with E-state index in [1.807, 2.05) is 0 Å². The van der Waals surface area contributed by atoms with E-state index < -0.39 is 27.7 Å². The predicted molar refractivity (Wildman–Crippen MR) is 116 cm³/mol. The maximum atomic E-state index is 12.5. The second-order valence-electron chi connectivity index (χ2n) is 7.88. The number of rotatable bonds is 6. The molecule has 0 bridgehead atoms. The molecule has 0 unspecified atom stereocenters. The largest absolute Gasteiger partial charge is 0.502 e. The van der Waals surface area contributed by atoms with E-state index in [-0.39, 0.29) is 31.2 Å². The molecule has 3 rings (SSSR count). The van der Waals surface area contributed by atoms with Crippen LogP contribution in [0.4, 0.5) is 0 Å². The summed E-state index contributed by atoms with van der Waals surface area (Å²) in [6, 6.07) is 5.92. The molecule has 0 aliphatic heterocycles. The van der Waals surface area contributed by atoms with Gasteiger partial charge in [-0.1, -0.05) is 25.4 Å². The van der Waals surface area contributed by atoms with Crippen LogP contribution < -0.4 is 21.9 Å². The number of carbonyl (C=O) groups is 1. The maximum absolute atomic E-state index is 12.5. The molecule has 0 saturated heterocycles. The summed E-state index contributed by atoms with van der Waals surface area (Å²) in [6.07, 6.45) is -0.0758. The van der Waals surface area contributed by atoms with E-state index in [0.29, 0.717) is 21.8 Å². The van der Waals surface area contributed by atoms with Gasteiger partial charge in [0.2, 0.25) is 17.1 Å². The average Bonchev–Trinajstić information content (AvgIpc) is 2.67. The SMILES string of the molecule is Cc1cc(=O)c(O)c(C(C)(C)CC(=O)NCCn2c(=O)c(=O)[nH]c3cc(Cl)ccc32)o1. The van der Waals surface area contributed by atoms with Crippen LogP contribution >= 0.6 is 11.6 Å². The van der Waals surface area contributed by atoms with E-state index in [4.69, 9.17) is 16.0 Å². The summed E-state index contributed by atoms with van der Waals surface area (Å²) in [6.45, 7) is 5.07. The molecule has 2 heterocycles. The Morgan fingerprint density at radius 1 is 1.26 bits per heavy atom. The van der Waals surface area contributed by atoms with Gasteiger partial charge >= 0.3 is 11.1 Å². The summed E-state index contributed by atoms with van der Waals surface area (Å²) in [7, 11) is 0. The molecule has 0 saturated carbocycles. The number of hydrogen-bond donors (Lipinski definition) is 3. The molecule has 31 heavy (non-hydrogen) atoms. The number of benzene rings is 1. The molecular weight excluding hydrogens is 426 g/mol. The molecule has 0 fully saturated rings. The van der Waals surface area contributed by atoms with E-state index in [2.05, 4.69) is 10.3 Å². The van der Waals surface area contributed by atoms with E-state index in [1.54, 1.807) is 32.9 Å². The standard InChI is InChI=1S/C21H22ClN3O6/c1-11-8-15(26)17(28)18(31-11)21(2,3)10-16(27)23-6-7-25-14-5-4-12(22)9-13(14)24-19(29)20(25)30/h4-5,8-9,28H,6-7,10H2,1-3H3,(H,23,27)(H,24,29). The van der Waals surface area contributed by atoms with Crippen LogP contribution in [0.5, 0.6) is 5.75 Å². The third kappa shape index (κ3) is 4.72. The van der Waals surface area contributed by atoms with Gasteiger partial charge in [0.25, 0.3) is 0 Å². The van der Waals surface area contributed by atoms with Crippen LogP contribution in [0.15, 0.2) is 43.1 Å². The number of nitrogens with zero attached hydrogens (tertiary/aromatic N) is 1. The summed E-state index contributed by atoms with van der Waals surface area (Å²) in [4.78, 5) is 51.0. The van der Waals surface area contributed by atoms with E-state index in [0.717, 1.165) is 0 Å². The highest BCUT2D eigenvalue weighted by molar-refractivity contribution is 6.31. The summed E-state index contributed by atoms with van der Waals surface area (Å²) < 4.78 is 6.76. The first kappa shape index (κ1) is 22.4. The zero-order valence-corrected chi connectivity index (χ0v) is 18.0. The Hall–Kier alpha value is -3.33. The molecule has 10 heteroatoms. The van der Waals surface area contributed by atoms with Gasteiger partial charge in [-0.25, -0.2) is 0 Å². The van der Waals surface area contributed by atoms with Crippen LogP contribution in [0, 0.1) is 6.92 Å². The van der Waals surface area contributed by atoms with Crippen molar-refractivity contribution in [3.8, 4) is 5.75 Å². The van der Waals surface area contributed by atoms with E-state index >= 15 is 0 Å². The van der Waals surface area contributed by atoms with Gasteiger partial charge in [-0.3, -0.25) is 19.2 Å². The van der Waals surface area contributed by atoms with Crippen LogP contribution in [0.2, 0.25) is 5.02 Å². The number of hydrogen-bond acceptors (Lipinski definition) is 6. The fraction of sp³-hybridized carbons (Fsp3) is 0.333. The van der Waals surface area contributed by atoms with Crippen molar-refractivity contribution >= 4 is 28.5 Å². The Bertz CT molecular complexity index is 1340. The topological polar surface area (TPSA) is 134 Å². The lowest BCUT2D eigenvalue weighted by atomic mass is 9.85. The Labute approximate surface area is 181 Å². The van der Waals surface area contributed by atoms with Gasteiger partial charge in [0.1, 0.15) is 5.76 Å². The summed E-state index contributed by atoms with van der Waals surface area (Å²) in [5.74, 6) is -0.546. The van der Waals surface area contributed by atoms with Gasteiger partial charge in [0, 0.05) is 36.0 Å². The minimum Gasteiger partial charge on any atom is -0.502 e. The Morgan fingerprint density at radius 2 is 1.97 bits per heavy atom. The number of H-pyrrole nitrogens is 1. The summed E-state index contributed by atoms with van der Waals surface area (Å²) >= 11 is 5.94. The number of aromatic hydroxyl groups is 1. The molecule has 9 nitrogen and oxygen atoms in total. The lowest BCUT2D eigenvalue weighted by Gasteiger charge is -2.23. The normalized spacial score (nSPS) is 11.6. The van der Waals surface area contributed by atoms with Crippen LogP contribution in [0.1, 0.15) is 31.8 Å². The van der Waals surface area contributed by atoms with Gasteiger partial charge in [-0.05, 0) is 25.1 Å². The van der Waals surface area contributed by atoms with Gasteiger partial charge in [0.15, 0.2) is 5.76 Å². The smallest absolute Gasteiger partial charge is 0.316 e. The lowest BCUT2D eigenvalue weighted by molar-refractivity contribution is -0.122. The van der Waals surface area contributed by atoms with Gasteiger partial charge in [-0.2, -0.15) is 0 Å². The number of aromatic nitrogens is 2. The van der Waals surface area contributed by atoms with Gasteiger partial charge in [0.05, 0.1) is 11.0 Å². The fourth-order valence-electron chi connectivity index (χ4n) is 3.39. The second kappa shape index (κ2) is 8.43. The highest BCUT2D eigenvalue weighted by Gasteiger charge is 2.31. The van der Waals surface area contributed by atoms with Crippen molar-refractivity contribution in [1.82, 2.24) is 14.9 Å². The monoisotopic (exact) mass is 447 g/mol. The zero-order chi connectivity index (χ0) is 22.9. The Balaban J connectivity index is 1.74. The summed E-state index contributed by atoms with van der Waals surface area (Å²) in [5.41, 5.74) is -2.16. The molecule has 0 atom stereocenters. The van der Waals surface area contributed by atoms with Crippen LogP contribution in [-0.4, -0.2) is 27.1 Å². The molecular formula is C21H22ClN3O6. The molecule has 164 valence electrons. The van der Waals surface area contributed by atoms with Crippen molar-refractivity contribution in [2.45, 2.75) is 39.2 Å². The molecule has 2 aromatic heterocycles. The van der Waals surface area contributed by atoms with Crippen molar-refractivity contribution in [3.05, 3.63) is 71.7 Å². The third-order valence-electron chi connectivity index (χ3n) is 4.86. The number of carbonyl (C=O) groups excluding carboxylic acids is 1. The molecule has 3 aromatic rings. The molecule has 0 radical (unpaired) electrons. The molecule has 1 aromatic carbocycles. The minimum atomic E-state index is -0.955. The number of halogens is 1. The highest BCUT2D eigenvalue weighted by Crippen LogP contribution is 2.32. The number of nitrogens with one attached hydrogen (secondary N) is 2. The van der Waals surface area contributed by atoms with Gasteiger partial charge < -0.3 is 24.4 Å². The maximum Gasteiger partial charge on any atom is 0.316 e. The van der Waals surface area contributed by atoms with Gasteiger partial charge in [-0.15, -0.1) is 0 Å². The first-order valence-corrected chi connectivity index (χ1v) is 9.90. The predicted octanol–water partition coefficient (Wildman–Crippen LogP) is 1.79. The second-order valence-corrected chi connectivity index (χ2v) is 8.32. The molecule has 1 amide bonds. The van der Waals surface area contributed by atoms with Crippen LogP contribution in [-0.2, 0) is 16.8 Å².